The van der Waals surface area contributed by atoms with E-state index < -0.39 is 0 Å². The molecule has 0 unspecified atom stereocenters. The Morgan fingerprint density at radius 1 is 1.22 bits per heavy atom. The van der Waals surface area contributed by atoms with Crippen LogP contribution in [0.3, 0.4) is 0 Å². The van der Waals surface area contributed by atoms with E-state index in [-0.39, 0.29) is 29.8 Å². The summed E-state index contributed by atoms with van der Waals surface area (Å²) in [7, 11) is 0. The third kappa shape index (κ3) is 6.37. The second-order valence-corrected chi connectivity index (χ2v) is 10.5. The minimum atomic E-state index is -0.376. The summed E-state index contributed by atoms with van der Waals surface area (Å²) in [4.78, 5) is 43.0. The number of benzene rings is 1. The maximum Gasteiger partial charge on any atom is 0.253 e. The normalized spacial score (nSPS) is 16.2. The number of hydrogen-bond donors (Lipinski definition) is 5. The van der Waals surface area contributed by atoms with Crippen molar-refractivity contribution < 1.29 is 9.59 Å². The predicted molar refractivity (Wildman–Crippen MR) is 148 cm³/mol. The topological polar surface area (TPSA) is 130 Å². The summed E-state index contributed by atoms with van der Waals surface area (Å²) < 4.78 is 0.689. The summed E-state index contributed by atoms with van der Waals surface area (Å²) >= 11 is 3.48. The Labute approximate surface area is 224 Å². The van der Waals surface area contributed by atoms with Gasteiger partial charge in [0.05, 0.1) is 5.56 Å². The van der Waals surface area contributed by atoms with Crippen molar-refractivity contribution in [3.63, 3.8) is 0 Å². The molecule has 2 aromatic rings. The molecule has 0 bridgehead atoms. The molecule has 5 N–H and O–H groups in total. The summed E-state index contributed by atoms with van der Waals surface area (Å²) in [5.74, 6) is -0.0567. The van der Waals surface area contributed by atoms with E-state index in [1.165, 1.54) is 0 Å². The zero-order valence-corrected chi connectivity index (χ0v) is 22.8. The van der Waals surface area contributed by atoms with E-state index >= 15 is 0 Å². The lowest BCUT2D eigenvalue weighted by Crippen LogP contribution is -2.43. The Hall–Kier alpha value is -3.24. The average molecular weight is 570 g/mol. The molecule has 1 saturated heterocycles. The summed E-state index contributed by atoms with van der Waals surface area (Å²) in [5.41, 5.74) is 4.20. The standard InChI is InChI=1S/C27H33BrN6O3/c1-16-11-17(2)32-26(36)23(16)15-31-25(35)21-12-19(28)13-24(22(21)14-29)33-20-5-9-34(10-6-20)27(37)18-3-7-30-8-4-18/h5,11-14,18,29-30,33H,3-4,6-10,15H2,1-2H3,(H,31,35)(H,32,36). The molecule has 0 spiro atoms. The number of aryl methyl sites for hydroxylation is 2. The Morgan fingerprint density at radius 2 is 1.97 bits per heavy atom. The highest BCUT2D eigenvalue weighted by Gasteiger charge is 2.27. The van der Waals surface area contributed by atoms with E-state index in [9.17, 15) is 14.4 Å². The van der Waals surface area contributed by atoms with E-state index in [4.69, 9.17) is 5.41 Å². The molecule has 10 heteroatoms. The van der Waals surface area contributed by atoms with Gasteiger partial charge >= 0.3 is 0 Å². The maximum atomic E-state index is 13.1. The van der Waals surface area contributed by atoms with Crippen molar-refractivity contribution in [3.8, 4) is 0 Å². The van der Waals surface area contributed by atoms with Gasteiger partial charge in [-0.1, -0.05) is 15.9 Å². The van der Waals surface area contributed by atoms with Gasteiger partial charge in [0.15, 0.2) is 0 Å². The SMILES string of the molecule is Cc1cc(C)c(CNC(=O)c2cc(Br)cc(NC3=CCN(C(=O)C4CCNCC4)CC3)c2C=N)c(=O)[nH]1. The van der Waals surface area contributed by atoms with Gasteiger partial charge in [-0.25, -0.2) is 0 Å². The van der Waals surface area contributed by atoms with Crippen molar-refractivity contribution in [2.24, 2.45) is 5.92 Å². The quantitative estimate of drug-likeness (QED) is 0.327. The van der Waals surface area contributed by atoms with Crippen LogP contribution in [0.2, 0.25) is 0 Å². The zero-order valence-electron chi connectivity index (χ0n) is 21.2. The van der Waals surface area contributed by atoms with Crippen LogP contribution in [-0.4, -0.2) is 54.1 Å². The Morgan fingerprint density at radius 3 is 2.62 bits per heavy atom. The molecule has 1 aromatic heterocycles. The van der Waals surface area contributed by atoms with Crippen LogP contribution in [0, 0.1) is 25.2 Å². The van der Waals surface area contributed by atoms with E-state index in [2.05, 4.69) is 36.9 Å². The highest BCUT2D eigenvalue weighted by atomic mass is 79.9. The van der Waals surface area contributed by atoms with E-state index in [0.717, 1.165) is 49.1 Å². The molecule has 0 aliphatic carbocycles. The van der Waals surface area contributed by atoms with E-state index in [1.807, 2.05) is 37.0 Å². The first-order valence-electron chi connectivity index (χ1n) is 12.5. The molecule has 2 aliphatic heterocycles. The number of carbonyl (C=O) groups is 2. The first kappa shape index (κ1) is 26.8. The number of carbonyl (C=O) groups excluding carboxylic acids is 2. The lowest BCUT2D eigenvalue weighted by atomic mass is 9.96. The van der Waals surface area contributed by atoms with Crippen molar-refractivity contribution in [2.45, 2.75) is 39.7 Å². The summed E-state index contributed by atoms with van der Waals surface area (Å²) in [6.45, 7) is 6.68. The second kappa shape index (κ2) is 11.9. The number of piperidine rings is 1. The van der Waals surface area contributed by atoms with Crippen LogP contribution in [0.5, 0.6) is 0 Å². The number of aromatic nitrogens is 1. The van der Waals surface area contributed by atoms with Gasteiger partial charge in [-0.3, -0.25) is 14.4 Å². The third-order valence-electron chi connectivity index (χ3n) is 6.96. The maximum absolute atomic E-state index is 13.1. The molecule has 37 heavy (non-hydrogen) atoms. The van der Waals surface area contributed by atoms with Gasteiger partial charge in [0, 0.05) is 70.9 Å². The number of halogens is 1. The molecular weight excluding hydrogens is 536 g/mol. The second-order valence-electron chi connectivity index (χ2n) is 9.60. The average Bonchev–Trinajstić information content (AvgIpc) is 2.88. The Bertz CT molecular complexity index is 1300. The minimum absolute atomic E-state index is 0.0824. The number of aromatic amines is 1. The van der Waals surface area contributed by atoms with Crippen LogP contribution < -0.4 is 21.5 Å². The van der Waals surface area contributed by atoms with Crippen LogP contribution in [0.1, 0.15) is 52.0 Å². The molecule has 9 nitrogen and oxygen atoms in total. The van der Waals surface area contributed by atoms with Crippen molar-refractivity contribution in [1.82, 2.24) is 20.5 Å². The lowest BCUT2D eigenvalue weighted by Gasteiger charge is -2.32. The fourth-order valence-electron chi connectivity index (χ4n) is 4.91. The highest BCUT2D eigenvalue weighted by Crippen LogP contribution is 2.28. The minimum Gasteiger partial charge on any atom is -0.358 e. The molecule has 1 aromatic carbocycles. The number of anilines is 1. The van der Waals surface area contributed by atoms with Gasteiger partial charge in [-0.2, -0.15) is 0 Å². The fourth-order valence-corrected chi connectivity index (χ4v) is 5.37. The number of nitrogens with one attached hydrogen (secondary N) is 5. The van der Waals surface area contributed by atoms with E-state index in [1.54, 1.807) is 6.07 Å². The molecular formula is C27H33BrN6O3. The predicted octanol–water partition coefficient (Wildman–Crippen LogP) is 3.21. The highest BCUT2D eigenvalue weighted by molar-refractivity contribution is 9.10. The molecule has 0 saturated carbocycles. The van der Waals surface area contributed by atoms with Gasteiger partial charge in [-0.05, 0) is 69.6 Å². The van der Waals surface area contributed by atoms with Crippen LogP contribution in [0.25, 0.3) is 0 Å². The number of rotatable bonds is 7. The monoisotopic (exact) mass is 568 g/mol. The molecule has 4 rings (SSSR count). The van der Waals surface area contributed by atoms with Crippen molar-refractivity contribution >= 4 is 39.6 Å². The largest absolute Gasteiger partial charge is 0.358 e. The van der Waals surface area contributed by atoms with Gasteiger partial charge < -0.3 is 31.2 Å². The van der Waals surface area contributed by atoms with Crippen LogP contribution in [0.15, 0.2) is 39.2 Å². The van der Waals surface area contributed by atoms with E-state index in [0.29, 0.717) is 46.4 Å². The van der Waals surface area contributed by atoms with Crippen LogP contribution in [-0.2, 0) is 11.3 Å². The molecule has 0 atom stereocenters. The van der Waals surface area contributed by atoms with Gasteiger partial charge in [-0.15, -0.1) is 0 Å². The summed E-state index contributed by atoms with van der Waals surface area (Å²) in [6, 6.07) is 5.37. The van der Waals surface area contributed by atoms with Crippen molar-refractivity contribution in [3.05, 3.63) is 72.7 Å². The van der Waals surface area contributed by atoms with Gasteiger partial charge in [0.1, 0.15) is 0 Å². The third-order valence-corrected chi connectivity index (χ3v) is 7.42. The first-order chi connectivity index (χ1) is 17.8. The number of amides is 2. The van der Waals surface area contributed by atoms with Crippen molar-refractivity contribution in [2.75, 3.05) is 31.5 Å². The van der Waals surface area contributed by atoms with Gasteiger partial charge in [0.25, 0.3) is 11.5 Å². The lowest BCUT2D eigenvalue weighted by molar-refractivity contribution is -0.136. The molecule has 3 heterocycles. The number of pyridine rings is 1. The molecule has 1 fully saturated rings. The number of hydrogen-bond acceptors (Lipinski definition) is 6. The molecule has 0 radical (unpaired) electrons. The van der Waals surface area contributed by atoms with Gasteiger partial charge in [0.2, 0.25) is 5.91 Å². The fraction of sp³-hybridized carbons (Fsp3) is 0.407. The smallest absolute Gasteiger partial charge is 0.253 e. The summed E-state index contributed by atoms with van der Waals surface area (Å²) in [5, 5.41) is 17.5. The number of nitrogens with zero attached hydrogens (tertiary/aromatic N) is 1. The summed E-state index contributed by atoms with van der Waals surface area (Å²) in [6.07, 6.45) is 5.59. The van der Waals surface area contributed by atoms with Crippen molar-refractivity contribution in [1.29, 1.82) is 5.41 Å². The number of H-pyrrole nitrogens is 1. The van der Waals surface area contributed by atoms with Crippen LogP contribution >= 0.6 is 15.9 Å². The Kier molecular flexibility index (Phi) is 8.60. The van der Waals surface area contributed by atoms with Crippen LogP contribution in [0.4, 0.5) is 5.69 Å². The first-order valence-corrected chi connectivity index (χ1v) is 13.3. The Balaban J connectivity index is 1.47. The molecule has 2 amide bonds. The molecule has 2 aliphatic rings. The molecule has 196 valence electrons. The zero-order chi connectivity index (χ0) is 26.5.